The highest BCUT2D eigenvalue weighted by atomic mass is 35.5. The molecule has 0 aromatic heterocycles. The fraction of sp³-hybridized carbons (Fsp3) is 0.667. The fourth-order valence-corrected chi connectivity index (χ4v) is 4.30. The smallest absolute Gasteiger partial charge is 0.194 e. The van der Waals surface area contributed by atoms with Crippen LogP contribution in [0.15, 0.2) is 23.2 Å². The molecule has 162 valence electrons. The second-order valence-corrected chi connectivity index (χ2v) is 8.61. The van der Waals surface area contributed by atoms with Gasteiger partial charge in [0.15, 0.2) is 5.96 Å². The highest BCUT2D eigenvalue weighted by Crippen LogP contribution is 2.31. The standard InChI is InChI=1S/C21H32Cl2N4O2/c1-2-24-21(27-11-8-16(14-27)13-26-9-3-4-10-26)25-12-17(28)15-29-19-7-5-6-18(22)20(19)23/h5-7,16-17,28H,2-4,8-15H2,1H3,(H,24,25). The van der Waals surface area contributed by atoms with E-state index in [9.17, 15) is 5.11 Å². The molecule has 0 saturated carbocycles. The summed E-state index contributed by atoms with van der Waals surface area (Å²) in [5, 5.41) is 14.5. The van der Waals surface area contributed by atoms with Gasteiger partial charge in [-0.15, -0.1) is 0 Å². The summed E-state index contributed by atoms with van der Waals surface area (Å²) in [6.07, 6.45) is 3.14. The molecule has 0 bridgehead atoms. The highest BCUT2D eigenvalue weighted by molar-refractivity contribution is 6.42. The van der Waals surface area contributed by atoms with E-state index in [2.05, 4.69) is 27.0 Å². The van der Waals surface area contributed by atoms with Crippen LogP contribution in [0, 0.1) is 5.92 Å². The number of nitrogens with zero attached hydrogens (tertiary/aromatic N) is 3. The van der Waals surface area contributed by atoms with Gasteiger partial charge in [0.1, 0.15) is 23.5 Å². The lowest BCUT2D eigenvalue weighted by Crippen LogP contribution is -2.41. The zero-order valence-corrected chi connectivity index (χ0v) is 18.6. The van der Waals surface area contributed by atoms with Gasteiger partial charge in [0, 0.05) is 26.2 Å². The number of halogens is 2. The predicted molar refractivity (Wildman–Crippen MR) is 119 cm³/mol. The molecule has 0 radical (unpaired) electrons. The van der Waals surface area contributed by atoms with Gasteiger partial charge < -0.3 is 25.0 Å². The third-order valence-electron chi connectivity index (χ3n) is 5.43. The maximum atomic E-state index is 10.3. The van der Waals surface area contributed by atoms with E-state index in [0.29, 0.717) is 21.7 Å². The molecule has 3 rings (SSSR count). The molecule has 2 aliphatic rings. The van der Waals surface area contributed by atoms with Crippen LogP contribution in [0.2, 0.25) is 10.0 Å². The Morgan fingerprint density at radius 1 is 1.31 bits per heavy atom. The minimum absolute atomic E-state index is 0.112. The molecule has 0 aliphatic carbocycles. The van der Waals surface area contributed by atoms with Crippen LogP contribution in [0.4, 0.5) is 0 Å². The van der Waals surface area contributed by atoms with Crippen LogP contribution in [0.5, 0.6) is 5.75 Å². The van der Waals surface area contributed by atoms with E-state index >= 15 is 0 Å². The van der Waals surface area contributed by atoms with E-state index in [4.69, 9.17) is 27.9 Å². The van der Waals surface area contributed by atoms with Crippen LogP contribution in [-0.2, 0) is 0 Å². The number of benzene rings is 1. The molecule has 1 aromatic rings. The average molecular weight is 443 g/mol. The summed E-state index contributed by atoms with van der Waals surface area (Å²) >= 11 is 12.1. The normalized spacial score (nSPS) is 21.6. The molecule has 2 N–H and O–H groups in total. The number of rotatable bonds is 8. The maximum Gasteiger partial charge on any atom is 0.194 e. The van der Waals surface area contributed by atoms with Crippen LogP contribution < -0.4 is 10.1 Å². The largest absolute Gasteiger partial charge is 0.489 e. The first-order valence-corrected chi connectivity index (χ1v) is 11.3. The Morgan fingerprint density at radius 3 is 2.86 bits per heavy atom. The van der Waals surface area contributed by atoms with Crippen LogP contribution >= 0.6 is 23.2 Å². The summed E-state index contributed by atoms with van der Waals surface area (Å²) in [5.74, 6) is 2.03. The molecule has 2 saturated heterocycles. The van der Waals surface area contributed by atoms with Gasteiger partial charge in [-0.1, -0.05) is 29.3 Å². The summed E-state index contributed by atoms with van der Waals surface area (Å²) in [6, 6.07) is 5.20. The monoisotopic (exact) mass is 442 g/mol. The van der Waals surface area contributed by atoms with Crippen molar-refractivity contribution in [3.63, 3.8) is 0 Å². The highest BCUT2D eigenvalue weighted by Gasteiger charge is 2.27. The molecule has 2 fully saturated rings. The van der Waals surface area contributed by atoms with E-state index in [1.165, 1.54) is 38.9 Å². The fourth-order valence-electron chi connectivity index (χ4n) is 3.96. The van der Waals surface area contributed by atoms with Crippen LogP contribution in [0.1, 0.15) is 26.2 Å². The van der Waals surface area contributed by atoms with E-state index in [0.717, 1.165) is 25.6 Å². The van der Waals surface area contributed by atoms with Gasteiger partial charge in [0.25, 0.3) is 0 Å². The van der Waals surface area contributed by atoms with Gasteiger partial charge in [0.05, 0.1) is 11.6 Å². The van der Waals surface area contributed by atoms with Crippen molar-refractivity contribution in [2.45, 2.75) is 32.3 Å². The molecule has 2 atom stereocenters. The molecule has 6 nitrogen and oxygen atoms in total. The number of nitrogens with one attached hydrogen (secondary N) is 1. The summed E-state index contributed by atoms with van der Waals surface area (Å²) in [6.45, 7) is 8.95. The Bertz CT molecular complexity index is 683. The Hall–Kier alpha value is -1.21. The van der Waals surface area contributed by atoms with Crippen molar-refractivity contribution in [1.29, 1.82) is 0 Å². The summed E-state index contributed by atoms with van der Waals surface area (Å²) in [7, 11) is 0. The van der Waals surface area contributed by atoms with Crippen molar-refractivity contribution < 1.29 is 9.84 Å². The lowest BCUT2D eigenvalue weighted by molar-refractivity contribution is 0.114. The number of aliphatic hydroxyl groups is 1. The number of guanidine groups is 1. The number of ether oxygens (including phenoxy) is 1. The summed E-state index contributed by atoms with van der Waals surface area (Å²) < 4.78 is 5.61. The predicted octanol–water partition coefficient (Wildman–Crippen LogP) is 3.12. The van der Waals surface area contributed by atoms with Crippen molar-refractivity contribution in [2.75, 3.05) is 52.4 Å². The van der Waals surface area contributed by atoms with E-state index in [1.54, 1.807) is 18.2 Å². The first-order chi connectivity index (χ1) is 14.1. The third-order valence-corrected chi connectivity index (χ3v) is 6.24. The van der Waals surface area contributed by atoms with Crippen molar-refractivity contribution in [1.82, 2.24) is 15.1 Å². The Morgan fingerprint density at radius 2 is 2.10 bits per heavy atom. The first kappa shape index (κ1) is 22.5. The van der Waals surface area contributed by atoms with E-state index < -0.39 is 6.10 Å². The molecule has 0 amide bonds. The second kappa shape index (κ2) is 11.3. The number of hydrogen-bond donors (Lipinski definition) is 2. The molecule has 2 aliphatic heterocycles. The molecule has 8 heteroatoms. The zero-order chi connectivity index (χ0) is 20.6. The Balaban J connectivity index is 1.48. The summed E-state index contributed by atoms with van der Waals surface area (Å²) in [5.41, 5.74) is 0. The first-order valence-electron chi connectivity index (χ1n) is 10.6. The Kier molecular flexibility index (Phi) is 8.72. The number of aliphatic imine (C=N–C) groups is 1. The van der Waals surface area contributed by atoms with Crippen LogP contribution in [-0.4, -0.2) is 79.4 Å². The number of likely N-dealkylation sites (tertiary alicyclic amines) is 2. The molecule has 0 spiro atoms. The lowest BCUT2D eigenvalue weighted by atomic mass is 10.1. The van der Waals surface area contributed by atoms with Crippen molar-refractivity contribution in [2.24, 2.45) is 10.9 Å². The molecular weight excluding hydrogens is 411 g/mol. The van der Waals surface area contributed by atoms with Crippen molar-refractivity contribution in [3.8, 4) is 5.75 Å². The molecule has 29 heavy (non-hydrogen) atoms. The third kappa shape index (κ3) is 6.64. The summed E-state index contributed by atoms with van der Waals surface area (Å²) in [4.78, 5) is 9.54. The molecular formula is C21H32Cl2N4O2. The van der Waals surface area contributed by atoms with E-state index in [-0.39, 0.29) is 13.2 Å². The zero-order valence-electron chi connectivity index (χ0n) is 17.1. The van der Waals surface area contributed by atoms with Crippen LogP contribution in [0.3, 0.4) is 0 Å². The minimum atomic E-state index is -0.721. The van der Waals surface area contributed by atoms with Gasteiger partial charge in [0.2, 0.25) is 0 Å². The molecule has 1 aromatic carbocycles. The van der Waals surface area contributed by atoms with Gasteiger partial charge >= 0.3 is 0 Å². The second-order valence-electron chi connectivity index (χ2n) is 7.82. The maximum absolute atomic E-state index is 10.3. The number of hydrogen-bond acceptors (Lipinski definition) is 4. The van der Waals surface area contributed by atoms with E-state index in [1.807, 2.05) is 0 Å². The van der Waals surface area contributed by atoms with Crippen molar-refractivity contribution in [3.05, 3.63) is 28.2 Å². The van der Waals surface area contributed by atoms with Gasteiger partial charge in [-0.2, -0.15) is 0 Å². The minimum Gasteiger partial charge on any atom is -0.489 e. The van der Waals surface area contributed by atoms with Gasteiger partial charge in [-0.3, -0.25) is 4.99 Å². The average Bonchev–Trinajstić information content (AvgIpc) is 3.39. The Labute approximate surface area is 183 Å². The molecule has 2 unspecified atom stereocenters. The van der Waals surface area contributed by atoms with Gasteiger partial charge in [-0.05, 0) is 57.3 Å². The topological polar surface area (TPSA) is 60.3 Å². The number of aliphatic hydroxyl groups excluding tert-OH is 1. The van der Waals surface area contributed by atoms with Crippen LogP contribution in [0.25, 0.3) is 0 Å². The van der Waals surface area contributed by atoms with Gasteiger partial charge in [-0.25, -0.2) is 0 Å². The molecule has 2 heterocycles. The van der Waals surface area contributed by atoms with Crippen molar-refractivity contribution >= 4 is 29.2 Å². The quantitative estimate of drug-likeness (QED) is 0.478. The SMILES string of the molecule is CCNC(=NCC(O)COc1cccc(Cl)c1Cl)N1CCC(CN2CCCC2)C1. The lowest BCUT2D eigenvalue weighted by Gasteiger charge is -2.23.